The van der Waals surface area contributed by atoms with E-state index in [0.717, 1.165) is 64.2 Å². The third kappa shape index (κ3) is 57.6. The van der Waals surface area contributed by atoms with Gasteiger partial charge in [-0.3, -0.25) is 14.4 Å². The van der Waals surface area contributed by atoms with E-state index in [9.17, 15) is 14.4 Å². The van der Waals surface area contributed by atoms with Crippen LogP contribution in [0.5, 0.6) is 0 Å². The molecule has 0 radical (unpaired) electrons. The summed E-state index contributed by atoms with van der Waals surface area (Å²) in [4.78, 5) is 38.2. The Labute approximate surface area is 440 Å². The van der Waals surface area contributed by atoms with Crippen LogP contribution in [0.2, 0.25) is 0 Å². The van der Waals surface area contributed by atoms with Crippen LogP contribution in [0, 0.1) is 0 Å². The monoisotopic (exact) mass is 991 g/mol. The van der Waals surface area contributed by atoms with E-state index in [4.69, 9.17) is 14.2 Å². The van der Waals surface area contributed by atoms with Gasteiger partial charge < -0.3 is 14.2 Å². The molecule has 0 rings (SSSR count). The van der Waals surface area contributed by atoms with Crippen molar-refractivity contribution in [3.8, 4) is 0 Å². The van der Waals surface area contributed by atoms with Crippen molar-refractivity contribution in [3.63, 3.8) is 0 Å². The number of unbranched alkanes of at least 4 members (excludes halogenated alkanes) is 32. The average Bonchev–Trinajstić information content (AvgIpc) is 3.37. The van der Waals surface area contributed by atoms with E-state index in [1.165, 1.54) is 193 Å². The van der Waals surface area contributed by atoms with E-state index in [1.54, 1.807) is 0 Å². The molecule has 6 nitrogen and oxygen atoms in total. The summed E-state index contributed by atoms with van der Waals surface area (Å²) in [5.41, 5.74) is 0. The summed E-state index contributed by atoms with van der Waals surface area (Å²) < 4.78 is 16.8. The van der Waals surface area contributed by atoms with E-state index < -0.39 is 6.10 Å². The summed E-state index contributed by atoms with van der Waals surface area (Å²) in [5, 5.41) is 0. The second-order valence-electron chi connectivity index (χ2n) is 20.3. The van der Waals surface area contributed by atoms with E-state index in [-0.39, 0.29) is 37.5 Å². The molecule has 0 heterocycles. The highest BCUT2D eigenvalue weighted by Gasteiger charge is 2.19. The van der Waals surface area contributed by atoms with Gasteiger partial charge in [-0.1, -0.05) is 273 Å². The molecule has 0 aromatic heterocycles. The minimum absolute atomic E-state index is 0.0966. The minimum Gasteiger partial charge on any atom is -0.462 e. The molecular weight excluding hydrogens is 877 g/mol. The van der Waals surface area contributed by atoms with Crippen LogP contribution in [0.4, 0.5) is 0 Å². The van der Waals surface area contributed by atoms with Gasteiger partial charge in [-0.05, 0) is 83.5 Å². The van der Waals surface area contributed by atoms with Crippen molar-refractivity contribution < 1.29 is 28.6 Å². The molecule has 410 valence electrons. The lowest BCUT2D eigenvalue weighted by Crippen LogP contribution is -2.30. The summed E-state index contributed by atoms with van der Waals surface area (Å²) >= 11 is 0. The van der Waals surface area contributed by atoms with Gasteiger partial charge in [-0.25, -0.2) is 0 Å². The van der Waals surface area contributed by atoms with Gasteiger partial charge in [0.05, 0.1) is 0 Å². The van der Waals surface area contributed by atoms with Gasteiger partial charge >= 0.3 is 17.9 Å². The number of hydrogen-bond acceptors (Lipinski definition) is 6. The molecule has 0 aromatic carbocycles. The highest BCUT2D eigenvalue weighted by Crippen LogP contribution is 2.16. The molecule has 0 bridgehead atoms. The van der Waals surface area contributed by atoms with Crippen molar-refractivity contribution in [1.29, 1.82) is 0 Å². The lowest BCUT2D eigenvalue weighted by molar-refractivity contribution is -0.166. The third-order valence-electron chi connectivity index (χ3n) is 13.2. The number of carbonyl (C=O) groups excluding carboxylic acids is 3. The van der Waals surface area contributed by atoms with Crippen molar-refractivity contribution in [3.05, 3.63) is 72.9 Å². The van der Waals surface area contributed by atoms with Crippen molar-refractivity contribution >= 4 is 17.9 Å². The van der Waals surface area contributed by atoms with Crippen LogP contribution >= 0.6 is 0 Å². The van der Waals surface area contributed by atoms with Crippen LogP contribution in [0.25, 0.3) is 0 Å². The largest absolute Gasteiger partial charge is 0.462 e. The number of hydrogen-bond donors (Lipinski definition) is 0. The zero-order chi connectivity index (χ0) is 51.4. The fraction of sp³-hybridized carbons (Fsp3) is 0.769. The smallest absolute Gasteiger partial charge is 0.306 e. The molecule has 0 fully saturated rings. The average molecular weight is 992 g/mol. The second-order valence-corrected chi connectivity index (χ2v) is 20.3. The number of ether oxygens (including phenoxy) is 3. The molecule has 0 N–H and O–H groups in total. The summed E-state index contributed by atoms with van der Waals surface area (Å²) in [5.74, 6) is -0.972. The Morgan fingerprint density at radius 3 is 0.915 bits per heavy atom. The van der Waals surface area contributed by atoms with Crippen LogP contribution in [0.3, 0.4) is 0 Å². The highest BCUT2D eigenvalue weighted by atomic mass is 16.6. The Morgan fingerprint density at radius 1 is 0.282 bits per heavy atom. The summed E-state index contributed by atoms with van der Waals surface area (Å²) in [6.45, 7) is 6.58. The Morgan fingerprint density at radius 2 is 0.535 bits per heavy atom. The van der Waals surface area contributed by atoms with E-state index in [0.29, 0.717) is 19.3 Å². The lowest BCUT2D eigenvalue weighted by atomic mass is 10.0. The van der Waals surface area contributed by atoms with Gasteiger partial charge in [-0.15, -0.1) is 0 Å². The molecule has 0 aromatic rings. The quantitative estimate of drug-likeness (QED) is 0.0261. The standard InChI is InChI=1S/C65H114O6/c1-4-7-10-13-16-19-22-25-28-30-32-34-37-39-42-45-48-51-54-57-63(66)69-60-62(71-65(68)59-56-53-50-47-44-41-36-27-24-21-18-15-12-9-6-3)61-70-64(67)58-55-52-49-46-43-40-38-35-33-31-29-26-23-20-17-14-11-8-5-2/h16,19,25-26,28-29,32,34,39,42,48,51,62H,4-15,17-18,20-24,27,30-31,33,35-38,40-41,43-47,49-50,52-61H2,1-3H3/b19-16-,28-25-,29-26-,34-32-,42-39-,51-48-/t62-/m1/s1. The molecule has 71 heavy (non-hydrogen) atoms. The summed E-state index contributed by atoms with van der Waals surface area (Å²) in [6.07, 6.45) is 76.2. The summed E-state index contributed by atoms with van der Waals surface area (Å²) in [6, 6.07) is 0. The third-order valence-corrected chi connectivity index (χ3v) is 13.2. The Kier molecular flexibility index (Phi) is 56.8. The Bertz CT molecular complexity index is 1320. The van der Waals surface area contributed by atoms with Gasteiger partial charge in [0.15, 0.2) is 6.10 Å². The first-order valence-electron chi connectivity index (χ1n) is 30.4. The number of rotatable bonds is 55. The van der Waals surface area contributed by atoms with Crippen molar-refractivity contribution in [1.82, 2.24) is 0 Å². The molecule has 0 saturated carbocycles. The zero-order valence-corrected chi connectivity index (χ0v) is 47.0. The first-order valence-corrected chi connectivity index (χ1v) is 30.4. The summed E-state index contributed by atoms with van der Waals surface area (Å²) in [7, 11) is 0. The van der Waals surface area contributed by atoms with Crippen molar-refractivity contribution in [2.24, 2.45) is 0 Å². The Hall–Kier alpha value is -3.15. The molecule has 6 heteroatoms. The molecule has 0 saturated heterocycles. The van der Waals surface area contributed by atoms with Gasteiger partial charge in [0.25, 0.3) is 0 Å². The molecule has 0 aliphatic carbocycles. The second kappa shape index (κ2) is 59.4. The minimum atomic E-state index is -0.805. The van der Waals surface area contributed by atoms with Gasteiger partial charge in [0.2, 0.25) is 0 Å². The SMILES string of the molecule is CCCCC/C=C\C/C=C\C/C=C\C/C=C\C/C=C\CCC(=O)OC[C@H](COC(=O)CCCCCCCCCCC/C=C\CCCCCCCC)OC(=O)CCCCCCCCCCCCCCCCC. The van der Waals surface area contributed by atoms with E-state index >= 15 is 0 Å². The van der Waals surface area contributed by atoms with Gasteiger partial charge in [0, 0.05) is 19.3 Å². The zero-order valence-electron chi connectivity index (χ0n) is 47.0. The maximum atomic E-state index is 12.9. The molecule has 1 atom stereocenters. The molecular formula is C65H114O6. The molecule has 0 spiro atoms. The first kappa shape index (κ1) is 67.8. The lowest BCUT2D eigenvalue weighted by Gasteiger charge is -2.18. The fourth-order valence-electron chi connectivity index (χ4n) is 8.60. The topological polar surface area (TPSA) is 78.9 Å². The van der Waals surface area contributed by atoms with E-state index in [2.05, 4.69) is 87.6 Å². The molecule has 0 amide bonds. The fourth-order valence-corrected chi connectivity index (χ4v) is 8.60. The molecule has 0 unspecified atom stereocenters. The van der Waals surface area contributed by atoms with Crippen LogP contribution in [-0.2, 0) is 28.6 Å². The van der Waals surface area contributed by atoms with Crippen LogP contribution in [0.15, 0.2) is 72.9 Å². The van der Waals surface area contributed by atoms with Crippen LogP contribution in [0.1, 0.15) is 303 Å². The molecule has 0 aliphatic heterocycles. The Balaban J connectivity index is 4.45. The van der Waals surface area contributed by atoms with E-state index in [1.807, 2.05) is 6.08 Å². The van der Waals surface area contributed by atoms with Crippen molar-refractivity contribution in [2.45, 2.75) is 309 Å². The predicted octanol–water partition coefficient (Wildman–Crippen LogP) is 20.5. The van der Waals surface area contributed by atoms with Crippen LogP contribution in [-0.4, -0.2) is 37.2 Å². The number of esters is 3. The van der Waals surface area contributed by atoms with Crippen molar-refractivity contribution in [2.75, 3.05) is 13.2 Å². The maximum absolute atomic E-state index is 12.9. The maximum Gasteiger partial charge on any atom is 0.306 e. The first-order chi connectivity index (χ1) is 35.0. The normalized spacial score (nSPS) is 12.5. The van der Waals surface area contributed by atoms with Gasteiger partial charge in [0.1, 0.15) is 13.2 Å². The number of allylic oxidation sites excluding steroid dienone is 12. The van der Waals surface area contributed by atoms with Gasteiger partial charge in [-0.2, -0.15) is 0 Å². The molecule has 0 aliphatic rings. The predicted molar refractivity (Wildman–Crippen MR) is 307 cm³/mol. The van der Waals surface area contributed by atoms with Crippen LogP contribution < -0.4 is 0 Å². The number of carbonyl (C=O) groups is 3. The highest BCUT2D eigenvalue weighted by molar-refractivity contribution is 5.71.